The molecule has 0 amide bonds. The molecule has 1 aromatic rings. The summed E-state index contributed by atoms with van der Waals surface area (Å²) in [6.45, 7) is 3.91. The first-order chi connectivity index (χ1) is 7.05. The van der Waals surface area contributed by atoms with E-state index < -0.39 is 0 Å². The lowest BCUT2D eigenvalue weighted by atomic mass is 10.00. The molecule has 15 heavy (non-hydrogen) atoms. The summed E-state index contributed by atoms with van der Waals surface area (Å²) in [5.41, 5.74) is 0.155. The van der Waals surface area contributed by atoms with Crippen LogP contribution in [0.4, 0.5) is 0 Å². The predicted molar refractivity (Wildman–Crippen MR) is 56.7 cm³/mol. The van der Waals surface area contributed by atoms with Gasteiger partial charge in [-0.05, 0) is 20.3 Å². The molecule has 0 N–H and O–H groups in total. The van der Waals surface area contributed by atoms with Gasteiger partial charge in [0.2, 0.25) is 0 Å². The number of ether oxygens (including phenoxy) is 1. The van der Waals surface area contributed by atoms with E-state index in [2.05, 4.69) is 9.97 Å². The topological polar surface area (TPSA) is 52.1 Å². The van der Waals surface area contributed by atoms with Crippen molar-refractivity contribution in [3.05, 3.63) is 24.3 Å². The van der Waals surface area contributed by atoms with Gasteiger partial charge in [0.15, 0.2) is 5.78 Å². The van der Waals surface area contributed by atoms with Gasteiger partial charge in [0.25, 0.3) is 0 Å². The third kappa shape index (κ3) is 3.75. The molecule has 0 bridgehead atoms. The molecule has 0 aromatic carbocycles. The predicted octanol–water partition coefficient (Wildman–Crippen LogP) is 1.86. The Kier molecular flexibility index (Phi) is 3.91. The van der Waals surface area contributed by atoms with Crippen LogP contribution in [0.25, 0.3) is 0 Å². The molecular formula is C11H16N2O2. The van der Waals surface area contributed by atoms with Crippen LogP contribution in [0.2, 0.25) is 0 Å². The van der Waals surface area contributed by atoms with Crippen LogP contribution < -0.4 is 0 Å². The fourth-order valence-electron chi connectivity index (χ4n) is 1.09. The third-order valence-corrected chi connectivity index (χ3v) is 2.36. The molecule has 0 aliphatic rings. The molecule has 0 aliphatic carbocycles. The minimum absolute atomic E-state index is 0.00762. The second-order valence-corrected chi connectivity index (χ2v) is 3.98. The molecule has 0 unspecified atom stereocenters. The van der Waals surface area contributed by atoms with Crippen molar-refractivity contribution >= 4 is 5.78 Å². The van der Waals surface area contributed by atoms with E-state index in [4.69, 9.17) is 4.74 Å². The van der Waals surface area contributed by atoms with Crippen LogP contribution in [0.1, 0.15) is 37.2 Å². The molecule has 0 radical (unpaired) electrons. The Morgan fingerprint density at radius 2 is 2.20 bits per heavy atom. The molecule has 0 saturated carbocycles. The first-order valence-corrected chi connectivity index (χ1v) is 4.89. The summed E-state index contributed by atoms with van der Waals surface area (Å²) in [6.07, 6.45) is 5.67. The van der Waals surface area contributed by atoms with Gasteiger partial charge in [-0.2, -0.15) is 0 Å². The van der Waals surface area contributed by atoms with Crippen molar-refractivity contribution in [3.63, 3.8) is 0 Å². The van der Waals surface area contributed by atoms with Crippen molar-refractivity contribution in [2.45, 2.75) is 32.3 Å². The number of carbonyl (C=O) groups excluding carboxylic acids is 1. The number of carbonyl (C=O) groups is 1. The summed E-state index contributed by atoms with van der Waals surface area (Å²) in [4.78, 5) is 19.5. The summed E-state index contributed by atoms with van der Waals surface area (Å²) in [5.74, 6) is 0.00762. The zero-order valence-corrected chi connectivity index (χ0v) is 9.36. The van der Waals surface area contributed by atoms with Crippen molar-refractivity contribution < 1.29 is 9.53 Å². The van der Waals surface area contributed by atoms with E-state index in [0.29, 0.717) is 18.5 Å². The standard InChI is InChI=1S/C11H16N2O2/c1-11(2,15-3)5-4-10(14)9-8-12-6-7-13-9/h6-8H,4-5H2,1-3H3. The van der Waals surface area contributed by atoms with Gasteiger partial charge in [-0.3, -0.25) is 9.78 Å². The maximum Gasteiger partial charge on any atom is 0.182 e. The van der Waals surface area contributed by atoms with Crippen molar-refractivity contribution in [2.75, 3.05) is 7.11 Å². The van der Waals surface area contributed by atoms with Gasteiger partial charge in [-0.15, -0.1) is 0 Å². The fourth-order valence-corrected chi connectivity index (χ4v) is 1.09. The molecule has 4 nitrogen and oxygen atoms in total. The third-order valence-electron chi connectivity index (χ3n) is 2.36. The smallest absolute Gasteiger partial charge is 0.182 e. The Labute approximate surface area is 89.7 Å². The van der Waals surface area contributed by atoms with Crippen LogP contribution in [-0.4, -0.2) is 28.5 Å². The minimum Gasteiger partial charge on any atom is -0.379 e. The van der Waals surface area contributed by atoms with E-state index in [0.717, 1.165) is 0 Å². The Hall–Kier alpha value is -1.29. The van der Waals surface area contributed by atoms with E-state index in [1.54, 1.807) is 13.3 Å². The highest BCUT2D eigenvalue weighted by Gasteiger charge is 2.18. The molecule has 0 atom stereocenters. The summed E-state index contributed by atoms with van der Waals surface area (Å²) in [7, 11) is 1.65. The average Bonchev–Trinajstić information content (AvgIpc) is 2.27. The second-order valence-electron chi connectivity index (χ2n) is 3.98. The lowest BCUT2D eigenvalue weighted by Crippen LogP contribution is -2.23. The van der Waals surface area contributed by atoms with Crippen LogP contribution >= 0.6 is 0 Å². The van der Waals surface area contributed by atoms with Crippen LogP contribution in [-0.2, 0) is 4.74 Å². The summed E-state index contributed by atoms with van der Waals surface area (Å²) in [5, 5.41) is 0. The van der Waals surface area contributed by atoms with Gasteiger partial charge in [-0.25, -0.2) is 4.98 Å². The Morgan fingerprint density at radius 1 is 1.47 bits per heavy atom. The number of methoxy groups -OCH3 is 1. The SMILES string of the molecule is COC(C)(C)CCC(=O)c1cnccn1. The van der Waals surface area contributed by atoms with E-state index in [1.807, 2.05) is 13.8 Å². The summed E-state index contributed by atoms with van der Waals surface area (Å²) in [6, 6.07) is 0. The van der Waals surface area contributed by atoms with Crippen molar-refractivity contribution in [1.29, 1.82) is 0 Å². The van der Waals surface area contributed by atoms with Gasteiger partial charge in [0.1, 0.15) is 5.69 Å². The number of ketones is 1. The zero-order valence-electron chi connectivity index (χ0n) is 9.36. The maximum atomic E-state index is 11.6. The number of hydrogen-bond donors (Lipinski definition) is 0. The highest BCUT2D eigenvalue weighted by atomic mass is 16.5. The number of nitrogens with zero attached hydrogens (tertiary/aromatic N) is 2. The molecule has 1 heterocycles. The van der Waals surface area contributed by atoms with Crippen LogP contribution in [0.5, 0.6) is 0 Å². The number of hydrogen-bond acceptors (Lipinski definition) is 4. The molecule has 1 aromatic heterocycles. The normalized spacial score (nSPS) is 11.4. The van der Waals surface area contributed by atoms with Gasteiger partial charge in [-0.1, -0.05) is 0 Å². The van der Waals surface area contributed by atoms with Gasteiger partial charge >= 0.3 is 0 Å². The molecular weight excluding hydrogens is 192 g/mol. The summed E-state index contributed by atoms with van der Waals surface area (Å²) < 4.78 is 5.24. The van der Waals surface area contributed by atoms with Crippen molar-refractivity contribution in [1.82, 2.24) is 9.97 Å². The van der Waals surface area contributed by atoms with E-state index in [-0.39, 0.29) is 11.4 Å². The zero-order chi connectivity index (χ0) is 11.3. The first kappa shape index (κ1) is 11.8. The molecule has 1 rings (SSSR count). The van der Waals surface area contributed by atoms with Crippen LogP contribution in [0.3, 0.4) is 0 Å². The summed E-state index contributed by atoms with van der Waals surface area (Å²) >= 11 is 0. The van der Waals surface area contributed by atoms with Gasteiger partial charge < -0.3 is 4.74 Å². The van der Waals surface area contributed by atoms with Crippen LogP contribution in [0, 0.1) is 0 Å². The second kappa shape index (κ2) is 4.98. The number of rotatable bonds is 5. The lowest BCUT2D eigenvalue weighted by Gasteiger charge is -2.21. The van der Waals surface area contributed by atoms with Crippen molar-refractivity contribution in [2.24, 2.45) is 0 Å². The molecule has 0 spiro atoms. The van der Waals surface area contributed by atoms with E-state index in [9.17, 15) is 4.79 Å². The quantitative estimate of drug-likeness (QED) is 0.693. The number of Topliss-reactive ketones (excluding diaryl/α,β-unsaturated/α-hetero) is 1. The van der Waals surface area contributed by atoms with Gasteiger partial charge in [0.05, 0.1) is 11.8 Å². The largest absolute Gasteiger partial charge is 0.379 e. The maximum absolute atomic E-state index is 11.6. The Balaban J connectivity index is 2.51. The first-order valence-electron chi connectivity index (χ1n) is 4.89. The highest BCUT2D eigenvalue weighted by Crippen LogP contribution is 2.16. The molecule has 0 saturated heterocycles. The Morgan fingerprint density at radius 3 is 2.73 bits per heavy atom. The van der Waals surface area contributed by atoms with E-state index in [1.165, 1.54) is 12.4 Å². The highest BCUT2D eigenvalue weighted by molar-refractivity contribution is 5.93. The minimum atomic E-state index is -0.266. The molecule has 82 valence electrons. The Bertz CT molecular complexity index is 323. The fraction of sp³-hybridized carbons (Fsp3) is 0.545. The van der Waals surface area contributed by atoms with Crippen LogP contribution in [0.15, 0.2) is 18.6 Å². The van der Waals surface area contributed by atoms with Gasteiger partial charge in [0, 0.05) is 25.9 Å². The van der Waals surface area contributed by atoms with Crippen molar-refractivity contribution in [3.8, 4) is 0 Å². The monoisotopic (exact) mass is 208 g/mol. The molecule has 0 fully saturated rings. The number of aromatic nitrogens is 2. The average molecular weight is 208 g/mol. The van der Waals surface area contributed by atoms with E-state index >= 15 is 0 Å². The molecule has 4 heteroatoms. The molecule has 0 aliphatic heterocycles. The lowest BCUT2D eigenvalue weighted by molar-refractivity contribution is 0.0141.